The second-order valence-corrected chi connectivity index (χ2v) is 8.19. The Labute approximate surface area is 188 Å². The number of morpholine rings is 1. The average Bonchev–Trinajstić information content (AvgIpc) is 3.33. The van der Waals surface area contributed by atoms with Gasteiger partial charge in [-0.05, 0) is 37.8 Å². The maximum Gasteiger partial charge on any atom is 0.257 e. The number of likely N-dealkylation sites (tertiary alicyclic amines) is 1. The lowest BCUT2D eigenvalue weighted by Gasteiger charge is -2.27. The number of hydrogen-bond acceptors (Lipinski definition) is 6. The Morgan fingerprint density at radius 3 is 2.72 bits per heavy atom. The third-order valence-corrected chi connectivity index (χ3v) is 6.20. The number of benzene rings is 1. The Morgan fingerprint density at radius 1 is 1.19 bits per heavy atom. The van der Waals surface area contributed by atoms with Crippen molar-refractivity contribution in [3.05, 3.63) is 53.1 Å². The molecule has 2 aliphatic rings. The van der Waals surface area contributed by atoms with Crippen LogP contribution >= 0.6 is 0 Å². The fourth-order valence-electron chi connectivity index (χ4n) is 4.42. The van der Waals surface area contributed by atoms with Gasteiger partial charge in [-0.1, -0.05) is 18.2 Å². The smallest absolute Gasteiger partial charge is 0.257 e. The Morgan fingerprint density at radius 2 is 1.97 bits per heavy atom. The van der Waals surface area contributed by atoms with Crippen LogP contribution in [0.3, 0.4) is 0 Å². The Bertz CT molecular complexity index is 974. The molecule has 2 aliphatic heterocycles. The molecule has 8 heteroatoms. The van der Waals surface area contributed by atoms with Gasteiger partial charge in [0.05, 0.1) is 37.6 Å². The lowest BCUT2D eigenvalue weighted by atomic mass is 10.1. The summed E-state index contributed by atoms with van der Waals surface area (Å²) in [5.41, 5.74) is 2.19. The zero-order chi connectivity index (χ0) is 22.5. The van der Waals surface area contributed by atoms with E-state index in [9.17, 15) is 9.59 Å². The number of ether oxygens (including phenoxy) is 2. The van der Waals surface area contributed by atoms with Gasteiger partial charge in [-0.15, -0.1) is 0 Å². The summed E-state index contributed by atoms with van der Waals surface area (Å²) in [6, 6.07) is 7.64. The van der Waals surface area contributed by atoms with Crippen LogP contribution < -0.4 is 4.74 Å². The number of amides is 2. The number of carbonyl (C=O) groups excluding carboxylic acids is 2. The van der Waals surface area contributed by atoms with Crippen LogP contribution in [0.2, 0.25) is 0 Å². The van der Waals surface area contributed by atoms with Crippen LogP contribution in [0.4, 0.5) is 0 Å². The number of methoxy groups -OCH3 is 1. The molecule has 0 radical (unpaired) electrons. The fraction of sp³-hybridized carbons (Fsp3) is 0.500. The zero-order valence-electron chi connectivity index (χ0n) is 18.7. The predicted molar refractivity (Wildman–Crippen MR) is 118 cm³/mol. The molecule has 2 fully saturated rings. The summed E-state index contributed by atoms with van der Waals surface area (Å²) in [7, 11) is 1.64. The summed E-state index contributed by atoms with van der Waals surface area (Å²) >= 11 is 0. The van der Waals surface area contributed by atoms with Crippen LogP contribution in [-0.2, 0) is 16.0 Å². The average molecular weight is 439 g/mol. The first kappa shape index (κ1) is 22.2. The highest BCUT2D eigenvalue weighted by Gasteiger charge is 2.32. The maximum atomic E-state index is 13.0. The van der Waals surface area contributed by atoms with Crippen molar-refractivity contribution < 1.29 is 19.1 Å². The molecule has 0 spiro atoms. The highest BCUT2D eigenvalue weighted by Crippen LogP contribution is 2.31. The topological polar surface area (TPSA) is 84.9 Å². The molecule has 1 aromatic carbocycles. The minimum Gasteiger partial charge on any atom is -0.496 e. The van der Waals surface area contributed by atoms with Crippen LogP contribution in [0.1, 0.15) is 52.7 Å². The van der Waals surface area contributed by atoms with Gasteiger partial charge < -0.3 is 19.3 Å². The molecule has 2 saturated heterocycles. The second kappa shape index (κ2) is 10.1. The Hall–Kier alpha value is -3.00. The van der Waals surface area contributed by atoms with E-state index >= 15 is 0 Å². The van der Waals surface area contributed by atoms with Crippen molar-refractivity contribution in [1.82, 2.24) is 19.8 Å². The van der Waals surface area contributed by atoms with Gasteiger partial charge in [-0.25, -0.2) is 9.97 Å². The van der Waals surface area contributed by atoms with Crippen LogP contribution in [0.5, 0.6) is 5.75 Å². The van der Waals surface area contributed by atoms with Crippen LogP contribution in [-0.4, -0.2) is 71.5 Å². The molecular formula is C24H30N4O4. The largest absolute Gasteiger partial charge is 0.496 e. The molecule has 1 aromatic heterocycles. The van der Waals surface area contributed by atoms with E-state index in [1.165, 1.54) is 0 Å². The van der Waals surface area contributed by atoms with E-state index in [1.807, 2.05) is 36.1 Å². The summed E-state index contributed by atoms with van der Waals surface area (Å²) in [4.78, 5) is 38.7. The lowest BCUT2D eigenvalue weighted by molar-refractivity contribution is -0.132. The number of hydrogen-bond donors (Lipinski definition) is 0. The summed E-state index contributed by atoms with van der Waals surface area (Å²) in [6.07, 6.45) is 4.40. The van der Waals surface area contributed by atoms with Gasteiger partial charge >= 0.3 is 0 Å². The SMILES string of the molecule is COc1ccccc1CCC(=O)N1CCCC1c1ncc(C(=O)N2CCOCC2)c(C)n1. The minimum atomic E-state index is -0.147. The van der Waals surface area contributed by atoms with Gasteiger partial charge in [-0.2, -0.15) is 0 Å². The van der Waals surface area contributed by atoms with Gasteiger partial charge in [0.2, 0.25) is 5.91 Å². The van der Waals surface area contributed by atoms with E-state index in [2.05, 4.69) is 9.97 Å². The lowest BCUT2D eigenvalue weighted by Crippen LogP contribution is -2.41. The number of aryl methyl sites for hydroxylation is 2. The first-order chi connectivity index (χ1) is 15.6. The first-order valence-corrected chi connectivity index (χ1v) is 11.2. The van der Waals surface area contributed by atoms with Gasteiger partial charge in [0, 0.05) is 32.3 Å². The van der Waals surface area contributed by atoms with Gasteiger partial charge in [0.15, 0.2) is 5.82 Å². The van der Waals surface area contributed by atoms with E-state index in [1.54, 1.807) is 18.2 Å². The molecule has 32 heavy (non-hydrogen) atoms. The van der Waals surface area contributed by atoms with Crippen molar-refractivity contribution in [2.45, 2.75) is 38.6 Å². The standard InChI is InChI=1S/C24H30N4O4/c1-17-19(24(30)27-12-14-32-15-13-27)16-25-23(26-17)20-7-5-11-28(20)22(29)10-9-18-6-3-4-8-21(18)31-2/h3-4,6,8,16,20H,5,7,9-15H2,1-2H3. The molecule has 2 aromatic rings. The molecule has 2 amide bonds. The van der Waals surface area contributed by atoms with E-state index in [0.717, 1.165) is 24.2 Å². The molecule has 1 unspecified atom stereocenters. The van der Waals surface area contributed by atoms with Crippen molar-refractivity contribution in [2.75, 3.05) is 40.0 Å². The van der Waals surface area contributed by atoms with E-state index < -0.39 is 0 Å². The number of nitrogens with zero attached hydrogens (tertiary/aromatic N) is 4. The van der Waals surface area contributed by atoms with Crippen molar-refractivity contribution in [2.24, 2.45) is 0 Å². The fourth-order valence-corrected chi connectivity index (χ4v) is 4.42. The molecule has 0 N–H and O–H groups in total. The van der Waals surface area contributed by atoms with Crippen LogP contribution in [0.25, 0.3) is 0 Å². The number of aromatic nitrogens is 2. The maximum absolute atomic E-state index is 13.0. The molecule has 0 aliphatic carbocycles. The molecule has 1 atom stereocenters. The monoisotopic (exact) mass is 438 g/mol. The number of para-hydroxylation sites is 1. The highest BCUT2D eigenvalue weighted by atomic mass is 16.5. The van der Waals surface area contributed by atoms with Gasteiger partial charge in [-0.3, -0.25) is 9.59 Å². The summed E-state index contributed by atoms with van der Waals surface area (Å²) in [6.45, 7) is 4.80. The van der Waals surface area contributed by atoms with E-state index in [0.29, 0.717) is 62.8 Å². The van der Waals surface area contributed by atoms with Gasteiger partial charge in [0.25, 0.3) is 5.91 Å². The first-order valence-electron chi connectivity index (χ1n) is 11.2. The zero-order valence-corrected chi connectivity index (χ0v) is 18.7. The minimum absolute atomic E-state index is 0.0616. The van der Waals surface area contributed by atoms with Crippen molar-refractivity contribution in [3.63, 3.8) is 0 Å². The predicted octanol–water partition coefficient (Wildman–Crippen LogP) is 2.56. The van der Waals surface area contributed by atoms with Crippen LogP contribution in [0.15, 0.2) is 30.5 Å². The molecule has 4 rings (SSSR count). The molecule has 0 saturated carbocycles. The van der Waals surface area contributed by atoms with Gasteiger partial charge in [0.1, 0.15) is 5.75 Å². The quantitative estimate of drug-likeness (QED) is 0.689. The van der Waals surface area contributed by atoms with E-state index in [-0.39, 0.29) is 17.9 Å². The molecule has 8 nitrogen and oxygen atoms in total. The van der Waals surface area contributed by atoms with Crippen molar-refractivity contribution >= 4 is 11.8 Å². The molecular weight excluding hydrogens is 408 g/mol. The normalized spacial score (nSPS) is 18.6. The molecule has 0 bridgehead atoms. The summed E-state index contributed by atoms with van der Waals surface area (Å²) < 4.78 is 10.7. The number of rotatable bonds is 6. The second-order valence-electron chi connectivity index (χ2n) is 8.19. The number of carbonyl (C=O) groups is 2. The molecule has 3 heterocycles. The Kier molecular flexibility index (Phi) is 6.99. The third kappa shape index (κ3) is 4.75. The highest BCUT2D eigenvalue weighted by molar-refractivity contribution is 5.95. The van der Waals surface area contributed by atoms with Crippen molar-refractivity contribution in [3.8, 4) is 5.75 Å². The van der Waals surface area contributed by atoms with Crippen LogP contribution in [0, 0.1) is 6.92 Å². The summed E-state index contributed by atoms with van der Waals surface area (Å²) in [5, 5.41) is 0. The third-order valence-electron chi connectivity index (χ3n) is 6.20. The van der Waals surface area contributed by atoms with E-state index in [4.69, 9.17) is 9.47 Å². The Balaban J connectivity index is 1.44. The molecule has 170 valence electrons. The summed E-state index contributed by atoms with van der Waals surface area (Å²) in [5.74, 6) is 1.45. The van der Waals surface area contributed by atoms with Crippen molar-refractivity contribution in [1.29, 1.82) is 0 Å².